The maximum Gasteiger partial charge on any atom is 0.271 e. The fourth-order valence-electron chi connectivity index (χ4n) is 2.03. The highest BCUT2D eigenvalue weighted by Crippen LogP contribution is 2.31. The predicted molar refractivity (Wildman–Crippen MR) is 88.2 cm³/mol. The van der Waals surface area contributed by atoms with Gasteiger partial charge in [-0.25, -0.2) is 8.42 Å². The fraction of sp³-hybridized carbons (Fsp3) is 0.200. The number of hydrogen-bond donors (Lipinski definition) is 1. The lowest BCUT2D eigenvalue weighted by atomic mass is 10.2. The SMILES string of the molecule is COc1ccc(S(=O)(=O)Nc2cc([N+](=O)[O-])ccc2C)c(OC)c1. The molecule has 0 amide bonds. The lowest BCUT2D eigenvalue weighted by Crippen LogP contribution is -2.15. The molecule has 0 aromatic heterocycles. The van der Waals surface area contributed by atoms with Gasteiger partial charge in [0.15, 0.2) is 0 Å². The number of nitrogens with one attached hydrogen (secondary N) is 1. The molecular formula is C15H16N2O6S. The molecule has 24 heavy (non-hydrogen) atoms. The second-order valence-electron chi connectivity index (χ2n) is 4.88. The molecule has 0 bridgehead atoms. The first-order chi connectivity index (χ1) is 11.3. The van der Waals surface area contributed by atoms with E-state index >= 15 is 0 Å². The minimum atomic E-state index is -4.00. The number of benzene rings is 2. The lowest BCUT2D eigenvalue weighted by molar-refractivity contribution is -0.384. The van der Waals surface area contributed by atoms with Crippen molar-refractivity contribution >= 4 is 21.4 Å². The van der Waals surface area contributed by atoms with Crippen molar-refractivity contribution in [3.8, 4) is 11.5 Å². The Kier molecular flexibility index (Phi) is 4.93. The van der Waals surface area contributed by atoms with Gasteiger partial charge >= 0.3 is 0 Å². The first-order valence-corrected chi connectivity index (χ1v) is 8.26. The van der Waals surface area contributed by atoms with E-state index in [1.165, 1.54) is 50.6 Å². The van der Waals surface area contributed by atoms with Crippen LogP contribution in [0.5, 0.6) is 11.5 Å². The molecule has 0 radical (unpaired) electrons. The molecule has 2 rings (SSSR count). The molecule has 0 aliphatic rings. The van der Waals surface area contributed by atoms with E-state index in [0.29, 0.717) is 11.3 Å². The van der Waals surface area contributed by atoms with Crippen LogP contribution in [0, 0.1) is 17.0 Å². The summed E-state index contributed by atoms with van der Waals surface area (Å²) in [4.78, 5) is 10.2. The van der Waals surface area contributed by atoms with Crippen molar-refractivity contribution in [1.82, 2.24) is 0 Å². The highest BCUT2D eigenvalue weighted by atomic mass is 32.2. The molecule has 9 heteroatoms. The Morgan fingerprint density at radius 1 is 1.08 bits per heavy atom. The molecule has 128 valence electrons. The quantitative estimate of drug-likeness (QED) is 0.632. The number of nitro groups is 1. The summed E-state index contributed by atoms with van der Waals surface area (Å²) in [5.41, 5.74) is 0.471. The topological polar surface area (TPSA) is 108 Å². The number of ether oxygens (including phenoxy) is 2. The van der Waals surface area contributed by atoms with Crippen molar-refractivity contribution in [1.29, 1.82) is 0 Å². The van der Waals surface area contributed by atoms with Crippen molar-refractivity contribution < 1.29 is 22.8 Å². The molecule has 0 saturated carbocycles. The number of nitrogens with zero attached hydrogens (tertiary/aromatic N) is 1. The fourth-order valence-corrected chi connectivity index (χ4v) is 3.30. The van der Waals surface area contributed by atoms with E-state index in [1.54, 1.807) is 6.92 Å². The van der Waals surface area contributed by atoms with Gasteiger partial charge in [-0.05, 0) is 24.6 Å². The van der Waals surface area contributed by atoms with E-state index in [1.807, 2.05) is 0 Å². The molecule has 0 aliphatic heterocycles. The van der Waals surface area contributed by atoms with Crippen LogP contribution < -0.4 is 14.2 Å². The monoisotopic (exact) mass is 352 g/mol. The van der Waals surface area contributed by atoms with Gasteiger partial charge in [0.05, 0.1) is 24.8 Å². The summed E-state index contributed by atoms with van der Waals surface area (Å²) in [6.07, 6.45) is 0. The van der Waals surface area contributed by atoms with Gasteiger partial charge in [0.1, 0.15) is 16.4 Å². The minimum absolute atomic E-state index is 0.100. The molecule has 0 saturated heterocycles. The summed E-state index contributed by atoms with van der Waals surface area (Å²) < 4.78 is 37.7. The number of rotatable bonds is 6. The molecule has 2 aromatic carbocycles. The van der Waals surface area contributed by atoms with E-state index in [9.17, 15) is 18.5 Å². The lowest BCUT2D eigenvalue weighted by Gasteiger charge is -2.14. The average Bonchev–Trinajstić information content (AvgIpc) is 2.55. The number of sulfonamides is 1. The van der Waals surface area contributed by atoms with Crippen LogP contribution >= 0.6 is 0 Å². The maximum absolute atomic E-state index is 12.6. The van der Waals surface area contributed by atoms with E-state index in [4.69, 9.17) is 9.47 Å². The molecular weight excluding hydrogens is 336 g/mol. The third-order valence-electron chi connectivity index (χ3n) is 3.34. The number of aryl methyl sites for hydroxylation is 1. The molecule has 0 fully saturated rings. The number of hydrogen-bond acceptors (Lipinski definition) is 6. The van der Waals surface area contributed by atoms with Crippen molar-refractivity contribution in [2.24, 2.45) is 0 Å². The van der Waals surface area contributed by atoms with Crippen molar-refractivity contribution in [3.05, 3.63) is 52.1 Å². The molecule has 0 spiro atoms. The Hall–Kier alpha value is -2.81. The van der Waals surface area contributed by atoms with Gasteiger partial charge in [-0.3, -0.25) is 14.8 Å². The highest BCUT2D eigenvalue weighted by Gasteiger charge is 2.22. The largest absolute Gasteiger partial charge is 0.497 e. The van der Waals surface area contributed by atoms with E-state index in [2.05, 4.69) is 4.72 Å². The Morgan fingerprint density at radius 3 is 2.38 bits per heavy atom. The normalized spacial score (nSPS) is 11.0. The predicted octanol–water partition coefficient (Wildman–Crippen LogP) is 2.72. The first-order valence-electron chi connectivity index (χ1n) is 6.78. The summed E-state index contributed by atoms with van der Waals surface area (Å²) in [5.74, 6) is 0.544. The maximum atomic E-state index is 12.6. The van der Waals surface area contributed by atoms with Crippen LogP contribution in [-0.2, 0) is 10.0 Å². The molecule has 2 aromatic rings. The Morgan fingerprint density at radius 2 is 1.79 bits per heavy atom. The van der Waals surface area contributed by atoms with Crippen LogP contribution in [0.3, 0.4) is 0 Å². The molecule has 0 heterocycles. The van der Waals surface area contributed by atoms with Gasteiger partial charge in [-0.1, -0.05) is 6.07 Å². The van der Waals surface area contributed by atoms with E-state index in [0.717, 1.165) is 0 Å². The van der Waals surface area contributed by atoms with Gasteiger partial charge < -0.3 is 9.47 Å². The summed E-state index contributed by atoms with van der Waals surface area (Å²) in [6.45, 7) is 1.65. The van der Waals surface area contributed by atoms with Gasteiger partial charge in [0.2, 0.25) is 0 Å². The molecule has 0 atom stereocenters. The zero-order valence-electron chi connectivity index (χ0n) is 13.3. The third kappa shape index (κ3) is 3.57. The first kappa shape index (κ1) is 17.5. The minimum Gasteiger partial charge on any atom is -0.497 e. The second kappa shape index (κ2) is 6.75. The van der Waals surface area contributed by atoms with Crippen LogP contribution in [0.1, 0.15) is 5.56 Å². The Bertz CT molecular complexity index is 880. The smallest absolute Gasteiger partial charge is 0.271 e. The number of non-ortho nitro benzene ring substituents is 1. The van der Waals surface area contributed by atoms with Gasteiger partial charge in [-0.2, -0.15) is 0 Å². The van der Waals surface area contributed by atoms with Gasteiger partial charge in [0.25, 0.3) is 15.7 Å². The van der Waals surface area contributed by atoms with Crippen molar-refractivity contribution in [2.45, 2.75) is 11.8 Å². The van der Waals surface area contributed by atoms with E-state index in [-0.39, 0.29) is 22.0 Å². The summed E-state index contributed by atoms with van der Waals surface area (Å²) >= 11 is 0. The van der Waals surface area contributed by atoms with Crippen molar-refractivity contribution in [2.75, 3.05) is 18.9 Å². The van der Waals surface area contributed by atoms with Crippen LogP contribution in [-0.4, -0.2) is 27.6 Å². The van der Waals surface area contributed by atoms with Crippen LogP contribution in [0.4, 0.5) is 11.4 Å². The number of nitro benzene ring substituents is 1. The number of anilines is 1. The van der Waals surface area contributed by atoms with E-state index < -0.39 is 14.9 Å². The summed E-state index contributed by atoms with van der Waals surface area (Å²) in [7, 11) is -1.21. The summed E-state index contributed by atoms with van der Waals surface area (Å²) in [6, 6.07) is 8.21. The number of methoxy groups -OCH3 is 2. The molecule has 0 aliphatic carbocycles. The molecule has 8 nitrogen and oxygen atoms in total. The highest BCUT2D eigenvalue weighted by molar-refractivity contribution is 7.92. The van der Waals surface area contributed by atoms with Crippen molar-refractivity contribution in [3.63, 3.8) is 0 Å². The standard InChI is InChI=1S/C15H16N2O6S/c1-10-4-5-11(17(18)19)8-13(10)16-24(20,21)15-7-6-12(22-2)9-14(15)23-3/h4-9,16H,1-3H3. The van der Waals surface area contributed by atoms with Crippen LogP contribution in [0.25, 0.3) is 0 Å². The summed E-state index contributed by atoms with van der Waals surface area (Å²) in [5, 5.41) is 10.9. The van der Waals surface area contributed by atoms with Crippen LogP contribution in [0.15, 0.2) is 41.3 Å². The molecule has 0 unspecified atom stereocenters. The Balaban J connectivity index is 2.46. The van der Waals surface area contributed by atoms with Gasteiger partial charge in [0, 0.05) is 18.2 Å². The van der Waals surface area contributed by atoms with Crippen LogP contribution in [0.2, 0.25) is 0 Å². The second-order valence-corrected chi connectivity index (χ2v) is 6.53. The Labute approximate surface area is 139 Å². The van der Waals surface area contributed by atoms with Gasteiger partial charge in [-0.15, -0.1) is 0 Å². The molecule has 1 N–H and O–H groups in total. The average molecular weight is 352 g/mol. The third-order valence-corrected chi connectivity index (χ3v) is 4.74. The zero-order chi connectivity index (χ0) is 17.9. The zero-order valence-corrected chi connectivity index (χ0v) is 14.1.